The molecule has 1 amide bonds. The van der Waals surface area contributed by atoms with Crippen LogP contribution in [-0.2, 0) is 17.6 Å². The number of hydrogen-bond donors (Lipinski definition) is 3. The van der Waals surface area contributed by atoms with E-state index in [4.69, 9.17) is 0 Å². The van der Waals surface area contributed by atoms with Crippen molar-refractivity contribution in [1.29, 1.82) is 0 Å². The monoisotopic (exact) mass is 266 g/mol. The van der Waals surface area contributed by atoms with Crippen LogP contribution in [0.4, 0.5) is 5.69 Å². The van der Waals surface area contributed by atoms with Gasteiger partial charge in [0.1, 0.15) is 0 Å². The van der Waals surface area contributed by atoms with Crippen LogP contribution in [0.1, 0.15) is 18.1 Å². The first-order chi connectivity index (χ1) is 9.72. The van der Waals surface area contributed by atoms with Gasteiger partial charge in [0.25, 0.3) is 0 Å². The van der Waals surface area contributed by atoms with Crippen LogP contribution >= 0.6 is 0 Å². The first-order valence-corrected chi connectivity index (χ1v) is 6.67. The van der Waals surface area contributed by atoms with Gasteiger partial charge in [-0.25, -0.2) is 0 Å². The van der Waals surface area contributed by atoms with Gasteiger partial charge in [0, 0.05) is 23.5 Å². The molecular formula is C15H14N4O. The number of rotatable bonds is 1. The van der Waals surface area contributed by atoms with E-state index in [0.717, 1.165) is 35.4 Å². The molecule has 0 saturated heterocycles. The molecule has 4 rings (SSSR count). The van der Waals surface area contributed by atoms with Gasteiger partial charge in [-0.3, -0.25) is 9.89 Å². The number of aromatic nitrogens is 3. The molecule has 0 unspecified atom stereocenters. The number of aromatic amines is 2. The zero-order valence-electron chi connectivity index (χ0n) is 11.1. The lowest BCUT2D eigenvalue weighted by Gasteiger charge is -2.11. The zero-order chi connectivity index (χ0) is 13.7. The predicted octanol–water partition coefficient (Wildman–Crippen LogP) is 2.62. The van der Waals surface area contributed by atoms with E-state index in [2.05, 4.69) is 20.5 Å². The molecule has 1 aromatic carbocycles. The summed E-state index contributed by atoms with van der Waals surface area (Å²) in [6.07, 6.45) is 3.88. The number of anilines is 1. The highest BCUT2D eigenvalue weighted by Gasteiger charge is 2.22. The third kappa shape index (κ3) is 1.56. The molecule has 0 atom stereocenters. The molecule has 5 heteroatoms. The van der Waals surface area contributed by atoms with Crippen molar-refractivity contribution in [3.63, 3.8) is 0 Å². The maximum atomic E-state index is 11.2. The Hall–Kier alpha value is -2.56. The van der Waals surface area contributed by atoms with Crippen LogP contribution in [0.25, 0.3) is 22.3 Å². The number of carbonyl (C=O) groups excluding carboxylic acids is 1. The Morgan fingerprint density at radius 2 is 2.20 bits per heavy atom. The van der Waals surface area contributed by atoms with Gasteiger partial charge < -0.3 is 10.3 Å². The van der Waals surface area contributed by atoms with E-state index in [1.807, 2.05) is 24.4 Å². The number of nitrogens with one attached hydrogen (secondary N) is 3. The fraction of sp³-hybridized carbons (Fsp3) is 0.200. The molecule has 0 aliphatic heterocycles. The van der Waals surface area contributed by atoms with Gasteiger partial charge in [0.15, 0.2) is 0 Å². The van der Waals surface area contributed by atoms with Crippen molar-refractivity contribution in [3.8, 4) is 11.4 Å². The molecule has 5 nitrogen and oxygen atoms in total. The van der Waals surface area contributed by atoms with Crippen molar-refractivity contribution in [2.45, 2.75) is 19.8 Å². The fourth-order valence-electron chi connectivity index (χ4n) is 2.98. The van der Waals surface area contributed by atoms with Gasteiger partial charge in [-0.1, -0.05) is 0 Å². The van der Waals surface area contributed by atoms with Crippen molar-refractivity contribution in [2.24, 2.45) is 0 Å². The Balaban J connectivity index is 1.92. The second-order valence-electron chi connectivity index (χ2n) is 5.19. The van der Waals surface area contributed by atoms with E-state index in [1.165, 1.54) is 23.4 Å². The molecule has 2 aromatic heterocycles. The van der Waals surface area contributed by atoms with Crippen molar-refractivity contribution < 1.29 is 4.79 Å². The van der Waals surface area contributed by atoms with E-state index in [9.17, 15) is 4.79 Å². The average molecular weight is 266 g/mol. The summed E-state index contributed by atoms with van der Waals surface area (Å²) in [5.74, 6) is -0.0513. The molecule has 3 aromatic rings. The second-order valence-corrected chi connectivity index (χ2v) is 5.19. The van der Waals surface area contributed by atoms with Gasteiger partial charge in [0.2, 0.25) is 5.91 Å². The lowest BCUT2D eigenvalue weighted by Crippen LogP contribution is -2.05. The van der Waals surface area contributed by atoms with Crippen LogP contribution in [0.2, 0.25) is 0 Å². The standard InChI is InChI=1S/C15H14N4O/c1-8(20)17-10-3-5-13-12(6-10)11-4-2-9-7-16-19-14(9)15(11)18-13/h3,5-7,18H,2,4H2,1H3,(H,16,19)(H,17,20). The Kier molecular flexibility index (Phi) is 2.24. The summed E-state index contributed by atoms with van der Waals surface area (Å²) in [7, 11) is 0. The smallest absolute Gasteiger partial charge is 0.221 e. The summed E-state index contributed by atoms with van der Waals surface area (Å²) in [5.41, 5.74) is 6.69. The molecule has 2 heterocycles. The van der Waals surface area contributed by atoms with Crippen molar-refractivity contribution in [3.05, 3.63) is 35.5 Å². The second kappa shape index (κ2) is 3.96. The lowest BCUT2D eigenvalue weighted by molar-refractivity contribution is -0.114. The van der Waals surface area contributed by atoms with Crippen LogP contribution in [0.3, 0.4) is 0 Å². The number of fused-ring (bicyclic) bond motifs is 5. The van der Waals surface area contributed by atoms with Crippen LogP contribution in [0.5, 0.6) is 0 Å². The minimum absolute atomic E-state index is 0.0513. The van der Waals surface area contributed by atoms with Crippen LogP contribution in [0.15, 0.2) is 24.4 Å². The molecule has 0 bridgehead atoms. The highest BCUT2D eigenvalue weighted by molar-refractivity contribution is 5.96. The van der Waals surface area contributed by atoms with E-state index in [-0.39, 0.29) is 5.91 Å². The summed E-state index contributed by atoms with van der Waals surface area (Å²) in [6.45, 7) is 1.52. The van der Waals surface area contributed by atoms with Crippen LogP contribution < -0.4 is 5.32 Å². The SMILES string of the molecule is CC(=O)Nc1ccc2[nH]c3c(c2c1)CCc1cn[nH]c1-3. The zero-order valence-corrected chi connectivity index (χ0v) is 11.1. The number of amides is 1. The molecule has 1 aliphatic carbocycles. The molecule has 0 saturated carbocycles. The highest BCUT2D eigenvalue weighted by Crippen LogP contribution is 2.36. The van der Waals surface area contributed by atoms with Gasteiger partial charge in [-0.2, -0.15) is 5.10 Å². The lowest BCUT2D eigenvalue weighted by atomic mass is 9.94. The summed E-state index contributed by atoms with van der Waals surface area (Å²) in [5, 5.41) is 11.2. The minimum atomic E-state index is -0.0513. The number of nitrogens with zero attached hydrogens (tertiary/aromatic N) is 1. The fourth-order valence-corrected chi connectivity index (χ4v) is 2.98. The number of carbonyl (C=O) groups is 1. The Morgan fingerprint density at radius 3 is 3.05 bits per heavy atom. The summed E-state index contributed by atoms with van der Waals surface area (Å²) in [6, 6.07) is 5.96. The maximum Gasteiger partial charge on any atom is 0.221 e. The highest BCUT2D eigenvalue weighted by atomic mass is 16.1. The van der Waals surface area contributed by atoms with Crippen LogP contribution in [0, 0.1) is 0 Å². The average Bonchev–Trinajstić information content (AvgIpc) is 3.00. The number of aryl methyl sites for hydroxylation is 2. The largest absolute Gasteiger partial charge is 0.353 e. The van der Waals surface area contributed by atoms with E-state index in [1.54, 1.807) is 0 Å². The van der Waals surface area contributed by atoms with Gasteiger partial charge in [-0.05, 0) is 42.2 Å². The molecule has 1 aliphatic rings. The van der Waals surface area contributed by atoms with Gasteiger partial charge >= 0.3 is 0 Å². The van der Waals surface area contributed by atoms with E-state index in [0.29, 0.717) is 0 Å². The van der Waals surface area contributed by atoms with Crippen molar-refractivity contribution >= 4 is 22.5 Å². The maximum absolute atomic E-state index is 11.2. The first kappa shape index (κ1) is 11.3. The Labute approximate surface area is 115 Å². The Morgan fingerprint density at radius 1 is 1.30 bits per heavy atom. The molecular weight excluding hydrogens is 252 g/mol. The third-order valence-corrected chi connectivity index (χ3v) is 3.84. The van der Waals surface area contributed by atoms with Crippen molar-refractivity contribution in [2.75, 3.05) is 5.32 Å². The van der Waals surface area contributed by atoms with Gasteiger partial charge in [0.05, 0.1) is 17.6 Å². The number of benzene rings is 1. The van der Waals surface area contributed by atoms with E-state index < -0.39 is 0 Å². The summed E-state index contributed by atoms with van der Waals surface area (Å²) in [4.78, 5) is 14.6. The molecule has 0 spiro atoms. The predicted molar refractivity (Wildman–Crippen MR) is 77.6 cm³/mol. The van der Waals surface area contributed by atoms with Gasteiger partial charge in [-0.15, -0.1) is 0 Å². The minimum Gasteiger partial charge on any atom is -0.353 e. The normalized spacial score (nSPS) is 13.1. The summed E-state index contributed by atoms with van der Waals surface area (Å²) >= 11 is 0. The third-order valence-electron chi connectivity index (χ3n) is 3.84. The number of hydrogen-bond acceptors (Lipinski definition) is 2. The molecule has 20 heavy (non-hydrogen) atoms. The first-order valence-electron chi connectivity index (χ1n) is 6.67. The topological polar surface area (TPSA) is 73.6 Å². The summed E-state index contributed by atoms with van der Waals surface area (Å²) < 4.78 is 0. The van der Waals surface area contributed by atoms with Crippen molar-refractivity contribution in [1.82, 2.24) is 15.2 Å². The Bertz CT molecular complexity index is 828. The molecule has 0 fully saturated rings. The quantitative estimate of drug-likeness (QED) is 0.633. The van der Waals surface area contributed by atoms with Crippen LogP contribution in [-0.4, -0.2) is 21.1 Å². The van der Waals surface area contributed by atoms with E-state index >= 15 is 0 Å². The molecule has 100 valence electrons. The molecule has 3 N–H and O–H groups in total. The number of H-pyrrole nitrogens is 2. The molecule has 0 radical (unpaired) electrons.